The Bertz CT molecular complexity index is 830. The van der Waals surface area contributed by atoms with Crippen LogP contribution in [-0.2, 0) is 0 Å². The van der Waals surface area contributed by atoms with Crippen molar-refractivity contribution in [3.8, 4) is 23.7 Å². The van der Waals surface area contributed by atoms with E-state index in [1.165, 1.54) is 0 Å². The van der Waals surface area contributed by atoms with Gasteiger partial charge in [0.25, 0.3) is 0 Å². The molecular weight excluding hydrogens is 274 g/mol. The Kier molecular flexibility index (Phi) is 2.71. The van der Waals surface area contributed by atoms with Gasteiger partial charge in [-0.05, 0) is 23.8 Å². The molecule has 0 unspecified atom stereocenters. The minimum Gasteiger partial charge on any atom is -0.382 e. The summed E-state index contributed by atoms with van der Waals surface area (Å²) in [6.07, 6.45) is 5.73. The molecule has 2 aliphatic carbocycles. The van der Waals surface area contributed by atoms with Crippen LogP contribution in [0.4, 0.5) is 5.69 Å². The van der Waals surface area contributed by atoms with E-state index in [-0.39, 0.29) is 6.42 Å². The highest BCUT2D eigenvalue weighted by atomic mass is 16.3. The summed E-state index contributed by atoms with van der Waals surface area (Å²) in [6, 6.07) is 7.37. The fourth-order valence-corrected chi connectivity index (χ4v) is 3.42. The van der Waals surface area contributed by atoms with E-state index in [2.05, 4.69) is 29.0 Å². The molecule has 0 radical (unpaired) electrons. The summed E-state index contributed by atoms with van der Waals surface area (Å²) >= 11 is 0. The molecule has 0 saturated carbocycles. The summed E-state index contributed by atoms with van der Waals surface area (Å²) in [5, 5.41) is 25.3. The lowest BCUT2D eigenvalue weighted by Crippen LogP contribution is -2.56. The van der Waals surface area contributed by atoms with Gasteiger partial charge < -0.3 is 15.5 Å². The van der Waals surface area contributed by atoms with Gasteiger partial charge in [-0.15, -0.1) is 0 Å². The Morgan fingerprint density at radius 2 is 1.95 bits per heavy atom. The summed E-state index contributed by atoms with van der Waals surface area (Å²) in [5.41, 5.74) is 0.264. The molecule has 3 aliphatic rings. The topological polar surface area (TPSA) is 52.5 Å². The second-order valence-electron chi connectivity index (χ2n) is 5.97. The molecular formula is C19H15NO2. The van der Waals surface area contributed by atoms with Gasteiger partial charge in [0, 0.05) is 24.1 Å². The standard InChI is InChI=1S/C19H15NO2/c21-18-11-6-2-1-3-9-17-19(22,13-18)15(10-12-18)14-7-4-5-8-16(14)20-17/h1-2,4-5,7-8,10,17,20-22H,12-13H2/b2-1-/t17-,18+,19+/m1/s1. The summed E-state index contributed by atoms with van der Waals surface area (Å²) < 4.78 is 0. The number of allylic oxidation sites excluding steroid dienone is 2. The van der Waals surface area contributed by atoms with Crippen molar-refractivity contribution in [3.63, 3.8) is 0 Å². The van der Waals surface area contributed by atoms with Crippen LogP contribution in [0.1, 0.15) is 18.4 Å². The molecule has 3 heteroatoms. The lowest BCUT2D eigenvalue weighted by atomic mass is 9.67. The third kappa shape index (κ3) is 1.88. The maximum absolute atomic E-state index is 11.3. The van der Waals surface area contributed by atoms with E-state index in [1.807, 2.05) is 30.3 Å². The summed E-state index contributed by atoms with van der Waals surface area (Å²) in [6.45, 7) is 0. The molecule has 0 saturated heterocycles. The van der Waals surface area contributed by atoms with Crippen molar-refractivity contribution in [1.82, 2.24) is 0 Å². The highest BCUT2D eigenvalue weighted by Gasteiger charge is 2.51. The van der Waals surface area contributed by atoms with Crippen LogP contribution in [0.5, 0.6) is 0 Å². The number of rotatable bonds is 0. The third-order valence-electron chi connectivity index (χ3n) is 4.45. The van der Waals surface area contributed by atoms with Crippen molar-refractivity contribution in [2.75, 3.05) is 5.32 Å². The highest BCUT2D eigenvalue weighted by molar-refractivity contribution is 5.86. The largest absolute Gasteiger partial charge is 0.382 e. The number of fused-ring (bicyclic) bond motifs is 3. The van der Waals surface area contributed by atoms with Gasteiger partial charge in [-0.25, -0.2) is 0 Å². The number of hydrogen-bond acceptors (Lipinski definition) is 3. The second kappa shape index (κ2) is 4.52. The lowest BCUT2D eigenvalue weighted by molar-refractivity contribution is -0.0100. The zero-order valence-electron chi connectivity index (χ0n) is 11.9. The molecule has 22 heavy (non-hydrogen) atoms. The normalized spacial score (nSPS) is 35.4. The first-order chi connectivity index (χ1) is 10.6. The van der Waals surface area contributed by atoms with Gasteiger partial charge in [0.05, 0.1) is 0 Å². The third-order valence-corrected chi connectivity index (χ3v) is 4.45. The first kappa shape index (κ1) is 13.2. The first-order valence-corrected chi connectivity index (χ1v) is 7.31. The second-order valence-corrected chi connectivity index (χ2v) is 5.97. The van der Waals surface area contributed by atoms with Crippen LogP contribution in [-0.4, -0.2) is 27.5 Å². The molecule has 108 valence electrons. The van der Waals surface area contributed by atoms with E-state index >= 15 is 0 Å². The number of aliphatic hydroxyl groups is 2. The molecule has 3 atom stereocenters. The number of benzene rings is 1. The van der Waals surface area contributed by atoms with Crippen molar-refractivity contribution in [1.29, 1.82) is 0 Å². The zero-order chi connectivity index (χ0) is 15.2. The predicted molar refractivity (Wildman–Crippen MR) is 85.7 cm³/mol. The number of para-hydroxylation sites is 1. The molecule has 1 heterocycles. The van der Waals surface area contributed by atoms with Gasteiger partial charge in [0.1, 0.15) is 17.2 Å². The maximum Gasteiger partial charge on any atom is 0.132 e. The molecule has 0 aromatic heterocycles. The summed E-state index contributed by atoms with van der Waals surface area (Å²) in [7, 11) is 0. The van der Waals surface area contributed by atoms with Crippen LogP contribution >= 0.6 is 0 Å². The lowest BCUT2D eigenvalue weighted by Gasteiger charge is -2.47. The molecule has 0 spiro atoms. The Morgan fingerprint density at radius 1 is 1.14 bits per heavy atom. The van der Waals surface area contributed by atoms with Crippen LogP contribution in [0.25, 0.3) is 5.57 Å². The molecule has 0 amide bonds. The molecule has 2 bridgehead atoms. The minimum absolute atomic E-state index is 0.146. The maximum atomic E-state index is 11.3. The van der Waals surface area contributed by atoms with Gasteiger partial charge in [-0.2, -0.15) is 0 Å². The van der Waals surface area contributed by atoms with Gasteiger partial charge in [-0.3, -0.25) is 0 Å². The van der Waals surface area contributed by atoms with E-state index in [0.717, 1.165) is 16.8 Å². The van der Waals surface area contributed by atoms with Crippen LogP contribution in [0.2, 0.25) is 0 Å². The highest BCUT2D eigenvalue weighted by Crippen LogP contribution is 2.48. The van der Waals surface area contributed by atoms with Crippen LogP contribution in [0, 0.1) is 23.7 Å². The molecule has 0 fully saturated rings. The molecule has 4 rings (SSSR count). The van der Waals surface area contributed by atoms with E-state index in [0.29, 0.717) is 6.42 Å². The average molecular weight is 289 g/mol. The minimum atomic E-state index is -1.26. The summed E-state index contributed by atoms with van der Waals surface area (Å²) in [5.74, 6) is 11.6. The van der Waals surface area contributed by atoms with E-state index in [9.17, 15) is 10.2 Å². The number of nitrogens with one attached hydrogen (secondary N) is 1. The van der Waals surface area contributed by atoms with Gasteiger partial charge >= 0.3 is 0 Å². The fourth-order valence-electron chi connectivity index (χ4n) is 3.42. The number of hydrogen-bond donors (Lipinski definition) is 3. The number of anilines is 1. The van der Waals surface area contributed by atoms with Gasteiger partial charge in [0.15, 0.2) is 0 Å². The average Bonchev–Trinajstić information content (AvgIpc) is 2.49. The monoisotopic (exact) mass is 289 g/mol. The van der Waals surface area contributed by atoms with Crippen molar-refractivity contribution < 1.29 is 10.2 Å². The molecule has 1 aromatic carbocycles. The Balaban J connectivity index is 1.97. The Morgan fingerprint density at radius 3 is 2.86 bits per heavy atom. The SMILES string of the molecule is O[C@@]12C#C/C=C\C#C[C@H]3Nc4ccccc4C(=CC1)[C@@]3(O)C2. The van der Waals surface area contributed by atoms with Crippen molar-refractivity contribution >= 4 is 11.3 Å². The van der Waals surface area contributed by atoms with Gasteiger partial charge in [0.2, 0.25) is 0 Å². The van der Waals surface area contributed by atoms with Gasteiger partial charge in [-0.1, -0.05) is 48.0 Å². The molecule has 3 N–H and O–H groups in total. The molecule has 1 aromatic rings. The van der Waals surface area contributed by atoms with Crippen molar-refractivity contribution in [3.05, 3.63) is 48.1 Å². The van der Waals surface area contributed by atoms with E-state index < -0.39 is 17.2 Å². The first-order valence-electron chi connectivity index (χ1n) is 7.31. The van der Waals surface area contributed by atoms with Crippen molar-refractivity contribution in [2.45, 2.75) is 30.1 Å². The van der Waals surface area contributed by atoms with E-state index in [4.69, 9.17) is 0 Å². The van der Waals surface area contributed by atoms with E-state index in [1.54, 1.807) is 12.2 Å². The Hall–Kier alpha value is -2.46. The quantitative estimate of drug-likeness (QED) is 0.637. The van der Waals surface area contributed by atoms with Crippen LogP contribution < -0.4 is 5.32 Å². The van der Waals surface area contributed by atoms with Crippen molar-refractivity contribution in [2.24, 2.45) is 0 Å². The summed E-state index contributed by atoms with van der Waals surface area (Å²) in [4.78, 5) is 0. The zero-order valence-corrected chi connectivity index (χ0v) is 11.9. The smallest absolute Gasteiger partial charge is 0.132 e. The predicted octanol–water partition coefficient (Wildman–Crippen LogP) is 1.70. The molecule has 3 nitrogen and oxygen atoms in total. The Labute approximate surface area is 129 Å². The van der Waals surface area contributed by atoms with Crippen LogP contribution in [0.15, 0.2) is 42.5 Å². The van der Waals surface area contributed by atoms with Crippen LogP contribution in [0.3, 0.4) is 0 Å². The molecule has 1 aliphatic heterocycles. The fraction of sp³-hybridized carbons (Fsp3) is 0.263.